The average Bonchev–Trinajstić information content (AvgIpc) is 3.35. The van der Waals surface area contributed by atoms with Crippen molar-refractivity contribution in [3.63, 3.8) is 0 Å². The lowest BCUT2D eigenvalue weighted by atomic mass is 9.80. The summed E-state index contributed by atoms with van der Waals surface area (Å²) in [6.45, 7) is 4.51. The van der Waals surface area contributed by atoms with Gasteiger partial charge in [0.1, 0.15) is 5.70 Å². The highest BCUT2D eigenvalue weighted by atomic mass is 16.3. The lowest BCUT2D eigenvalue weighted by Crippen LogP contribution is -2.40. The second-order valence-electron chi connectivity index (χ2n) is 9.37. The number of benzene rings is 1. The Kier molecular flexibility index (Phi) is 6.62. The van der Waals surface area contributed by atoms with Crippen molar-refractivity contribution in [2.45, 2.75) is 57.2 Å². The lowest BCUT2D eigenvalue weighted by Gasteiger charge is -2.35. The summed E-state index contributed by atoms with van der Waals surface area (Å²) in [5.74, 6) is -0.229. The Morgan fingerprint density at radius 1 is 1.31 bits per heavy atom. The van der Waals surface area contributed by atoms with Gasteiger partial charge in [0.15, 0.2) is 0 Å². The van der Waals surface area contributed by atoms with Crippen molar-refractivity contribution in [2.75, 3.05) is 26.2 Å². The number of rotatable bonds is 7. The molecule has 172 valence electrons. The molecule has 0 bridgehead atoms. The van der Waals surface area contributed by atoms with Crippen LogP contribution >= 0.6 is 0 Å². The van der Waals surface area contributed by atoms with Gasteiger partial charge in [0.25, 0.3) is 5.91 Å². The van der Waals surface area contributed by atoms with Crippen LogP contribution in [-0.2, 0) is 16.1 Å². The van der Waals surface area contributed by atoms with Crippen LogP contribution in [0.5, 0.6) is 0 Å². The number of aliphatic imine (C=N–C) groups is 1. The maximum atomic E-state index is 12.8. The topological polar surface area (TPSA) is 120 Å². The molecule has 5 N–H and O–H groups in total. The molecule has 1 atom stereocenters. The molecule has 4 rings (SSSR count). The van der Waals surface area contributed by atoms with Crippen molar-refractivity contribution in [2.24, 2.45) is 10.7 Å². The van der Waals surface area contributed by atoms with E-state index in [0.29, 0.717) is 39.1 Å². The molecule has 1 aliphatic carbocycles. The molecule has 1 unspecified atom stereocenters. The minimum atomic E-state index is -0.729. The molecule has 3 fully saturated rings. The first-order valence-electron chi connectivity index (χ1n) is 11.4. The molecule has 2 saturated heterocycles. The van der Waals surface area contributed by atoms with Crippen LogP contribution in [0, 0.1) is 6.92 Å². The van der Waals surface area contributed by atoms with E-state index >= 15 is 0 Å². The van der Waals surface area contributed by atoms with Gasteiger partial charge in [-0.25, -0.2) is 0 Å². The maximum Gasteiger partial charge on any atom is 0.267 e. The van der Waals surface area contributed by atoms with Gasteiger partial charge in [-0.2, -0.15) is 0 Å². The predicted molar refractivity (Wildman–Crippen MR) is 123 cm³/mol. The molecule has 8 heteroatoms. The van der Waals surface area contributed by atoms with E-state index in [4.69, 9.17) is 5.73 Å². The van der Waals surface area contributed by atoms with Crippen molar-refractivity contribution < 1.29 is 14.7 Å². The monoisotopic (exact) mass is 439 g/mol. The number of carbonyl (C=O) groups is 2. The summed E-state index contributed by atoms with van der Waals surface area (Å²) in [6, 6.07) is 8.10. The second kappa shape index (κ2) is 9.42. The summed E-state index contributed by atoms with van der Waals surface area (Å²) < 4.78 is 0. The molecule has 0 aromatic heterocycles. The average molecular weight is 440 g/mol. The van der Waals surface area contributed by atoms with Crippen LogP contribution in [0.1, 0.15) is 43.2 Å². The van der Waals surface area contributed by atoms with Gasteiger partial charge in [-0.05, 0) is 38.2 Å². The van der Waals surface area contributed by atoms with Gasteiger partial charge in [-0.1, -0.05) is 29.8 Å². The molecule has 2 aliphatic heterocycles. The Morgan fingerprint density at radius 3 is 2.69 bits per heavy atom. The Labute approximate surface area is 189 Å². The third-order valence-electron chi connectivity index (χ3n) is 6.66. The summed E-state index contributed by atoms with van der Waals surface area (Å²) >= 11 is 0. The number of hydrogen-bond donors (Lipinski definition) is 4. The molecule has 2 heterocycles. The van der Waals surface area contributed by atoms with Crippen LogP contribution < -0.4 is 16.4 Å². The highest BCUT2D eigenvalue weighted by Crippen LogP contribution is 2.32. The molecule has 1 saturated carbocycles. The summed E-state index contributed by atoms with van der Waals surface area (Å²) in [5.41, 5.74) is 9.41. The molecular weight excluding hydrogens is 406 g/mol. The zero-order valence-electron chi connectivity index (χ0n) is 18.7. The fourth-order valence-electron chi connectivity index (χ4n) is 4.43. The molecule has 2 amide bonds. The number of aliphatic hydroxyl groups is 1. The SMILES string of the molecule is Cc1ccc(CNC(=O)/C(N)=C2\CN(CC3CCC(=O)N3)CC2=NCC2(O)CCC2)cc1. The molecule has 3 aliphatic rings. The highest BCUT2D eigenvalue weighted by molar-refractivity contribution is 6.10. The van der Waals surface area contributed by atoms with Gasteiger partial charge >= 0.3 is 0 Å². The van der Waals surface area contributed by atoms with E-state index in [9.17, 15) is 14.7 Å². The fourth-order valence-corrected chi connectivity index (χ4v) is 4.43. The van der Waals surface area contributed by atoms with Gasteiger partial charge in [-0.3, -0.25) is 19.5 Å². The van der Waals surface area contributed by atoms with Crippen LogP contribution in [0.2, 0.25) is 0 Å². The first kappa shape index (κ1) is 22.5. The number of carbonyl (C=O) groups excluding carboxylic acids is 2. The summed E-state index contributed by atoms with van der Waals surface area (Å²) in [6.07, 6.45) is 3.90. The number of likely N-dealkylation sites (tertiary alicyclic amines) is 1. The first-order chi connectivity index (χ1) is 15.3. The molecule has 32 heavy (non-hydrogen) atoms. The quantitative estimate of drug-likeness (QED) is 0.468. The standard InChI is InChI=1S/C24H33N5O3/c1-16-3-5-17(6-4-16)11-26-23(31)22(25)19-13-29(12-18-7-8-21(30)28-18)14-20(19)27-15-24(32)9-2-10-24/h3-6,18,32H,2,7-15,25H2,1H3,(H,26,31)(H,28,30)/b22-19-,27-20?. The highest BCUT2D eigenvalue weighted by Gasteiger charge is 2.36. The first-order valence-corrected chi connectivity index (χ1v) is 11.4. The van der Waals surface area contributed by atoms with Gasteiger partial charge < -0.3 is 21.5 Å². The minimum absolute atomic E-state index is 0.0843. The van der Waals surface area contributed by atoms with E-state index < -0.39 is 5.60 Å². The minimum Gasteiger partial charge on any atom is -0.394 e. The van der Waals surface area contributed by atoms with Crippen molar-refractivity contribution in [1.29, 1.82) is 0 Å². The van der Waals surface area contributed by atoms with Crippen LogP contribution in [0.15, 0.2) is 40.5 Å². The third kappa shape index (κ3) is 5.37. The Morgan fingerprint density at radius 2 is 2.06 bits per heavy atom. The number of amides is 2. The molecular formula is C24H33N5O3. The van der Waals surface area contributed by atoms with Crippen LogP contribution in [0.4, 0.5) is 0 Å². The number of nitrogens with two attached hydrogens (primary N) is 1. The van der Waals surface area contributed by atoms with Crippen LogP contribution in [0.3, 0.4) is 0 Å². The van der Waals surface area contributed by atoms with E-state index in [0.717, 1.165) is 42.5 Å². The number of hydrogen-bond acceptors (Lipinski definition) is 6. The van der Waals surface area contributed by atoms with Crippen molar-refractivity contribution in [3.8, 4) is 0 Å². The fraction of sp³-hybridized carbons (Fsp3) is 0.542. The maximum absolute atomic E-state index is 12.8. The smallest absolute Gasteiger partial charge is 0.267 e. The number of aryl methyl sites for hydroxylation is 1. The van der Waals surface area contributed by atoms with Crippen LogP contribution in [-0.4, -0.2) is 65.4 Å². The summed E-state index contributed by atoms with van der Waals surface area (Å²) in [5, 5.41) is 16.4. The molecule has 1 aromatic carbocycles. The second-order valence-corrected chi connectivity index (χ2v) is 9.37. The van der Waals surface area contributed by atoms with Crippen molar-refractivity contribution in [1.82, 2.24) is 15.5 Å². The van der Waals surface area contributed by atoms with Gasteiger partial charge in [-0.15, -0.1) is 0 Å². The molecule has 1 aromatic rings. The van der Waals surface area contributed by atoms with Gasteiger partial charge in [0.2, 0.25) is 5.91 Å². The predicted octanol–water partition coefficient (Wildman–Crippen LogP) is 0.774. The van der Waals surface area contributed by atoms with Crippen LogP contribution in [0.25, 0.3) is 0 Å². The molecule has 8 nitrogen and oxygen atoms in total. The third-order valence-corrected chi connectivity index (χ3v) is 6.66. The van der Waals surface area contributed by atoms with E-state index in [2.05, 4.69) is 20.5 Å². The number of nitrogens with one attached hydrogen (secondary N) is 2. The van der Waals surface area contributed by atoms with Gasteiger partial charge in [0, 0.05) is 44.2 Å². The normalized spacial score (nSPS) is 25.5. The van der Waals surface area contributed by atoms with Crippen molar-refractivity contribution in [3.05, 3.63) is 46.7 Å². The van der Waals surface area contributed by atoms with E-state index in [1.165, 1.54) is 5.56 Å². The van der Waals surface area contributed by atoms with E-state index in [1.54, 1.807) is 0 Å². The summed E-state index contributed by atoms with van der Waals surface area (Å²) in [7, 11) is 0. The Hall–Kier alpha value is -2.71. The zero-order valence-corrected chi connectivity index (χ0v) is 18.7. The molecule has 0 radical (unpaired) electrons. The van der Waals surface area contributed by atoms with E-state index in [-0.39, 0.29) is 23.6 Å². The Balaban J connectivity index is 1.46. The largest absolute Gasteiger partial charge is 0.394 e. The zero-order chi connectivity index (χ0) is 22.7. The number of nitrogens with zero attached hydrogens (tertiary/aromatic N) is 2. The van der Waals surface area contributed by atoms with E-state index in [1.807, 2.05) is 31.2 Å². The van der Waals surface area contributed by atoms with Gasteiger partial charge in [0.05, 0.1) is 17.9 Å². The lowest BCUT2D eigenvalue weighted by molar-refractivity contribution is -0.119. The Bertz CT molecular complexity index is 933. The summed E-state index contributed by atoms with van der Waals surface area (Å²) in [4.78, 5) is 31.2. The van der Waals surface area contributed by atoms with Crippen molar-refractivity contribution >= 4 is 17.5 Å². The molecule has 0 spiro atoms.